The van der Waals surface area contributed by atoms with E-state index >= 15 is 0 Å². The van der Waals surface area contributed by atoms with Crippen molar-refractivity contribution in [2.75, 3.05) is 63.9 Å². The van der Waals surface area contributed by atoms with E-state index in [4.69, 9.17) is 9.47 Å². The standard InChI is InChI=1S/C26H32F3N3O4/c1-18-22(25(36-24(18)34)6-8-30(9-7-25)16-19-5-14-35-17-19)23(33)32-12-10-31(11-13-32)21-4-2-3-20(15-21)26(27,28)29/h2-4,15,19H,5-14,16-17H2,1H3. The van der Waals surface area contributed by atoms with Gasteiger partial charge in [-0.3, -0.25) is 4.79 Å². The van der Waals surface area contributed by atoms with Crippen LogP contribution in [0.5, 0.6) is 0 Å². The van der Waals surface area contributed by atoms with E-state index in [0.29, 0.717) is 61.8 Å². The monoisotopic (exact) mass is 507 g/mol. The van der Waals surface area contributed by atoms with Crippen LogP contribution in [-0.2, 0) is 25.2 Å². The highest BCUT2D eigenvalue weighted by Gasteiger charge is 2.52. The fourth-order valence-corrected chi connectivity index (χ4v) is 5.85. The number of nitrogens with zero attached hydrogens (tertiary/aromatic N) is 3. The van der Waals surface area contributed by atoms with Crippen molar-refractivity contribution in [2.45, 2.75) is 38.0 Å². The van der Waals surface area contributed by atoms with Gasteiger partial charge < -0.3 is 24.2 Å². The number of amides is 1. The molecule has 0 aromatic heterocycles. The van der Waals surface area contributed by atoms with Crippen molar-refractivity contribution in [2.24, 2.45) is 5.92 Å². The first-order valence-corrected chi connectivity index (χ1v) is 12.6. The third-order valence-corrected chi connectivity index (χ3v) is 7.95. The first-order chi connectivity index (χ1) is 17.2. The van der Waals surface area contributed by atoms with Crippen molar-refractivity contribution < 1.29 is 32.2 Å². The van der Waals surface area contributed by atoms with Crippen LogP contribution in [0.25, 0.3) is 0 Å². The minimum absolute atomic E-state index is 0.195. The molecule has 1 atom stereocenters. The Hall–Kier alpha value is -2.59. The van der Waals surface area contributed by atoms with Crippen LogP contribution in [0.4, 0.5) is 18.9 Å². The van der Waals surface area contributed by atoms with E-state index in [1.165, 1.54) is 6.07 Å². The third-order valence-electron chi connectivity index (χ3n) is 7.95. The topological polar surface area (TPSA) is 62.3 Å². The number of rotatable bonds is 4. The maximum atomic E-state index is 13.7. The van der Waals surface area contributed by atoms with E-state index in [0.717, 1.165) is 51.4 Å². The maximum absolute atomic E-state index is 13.7. The molecular weight excluding hydrogens is 475 g/mol. The first kappa shape index (κ1) is 25.1. The van der Waals surface area contributed by atoms with Crippen LogP contribution in [0.3, 0.4) is 0 Å². The molecule has 5 rings (SSSR count). The van der Waals surface area contributed by atoms with E-state index in [1.54, 1.807) is 17.9 Å². The van der Waals surface area contributed by atoms with Crippen LogP contribution in [0, 0.1) is 5.92 Å². The van der Waals surface area contributed by atoms with Gasteiger partial charge in [0.15, 0.2) is 0 Å². The van der Waals surface area contributed by atoms with Crippen LogP contribution in [0.15, 0.2) is 35.4 Å². The molecule has 1 aromatic carbocycles. The molecule has 0 aliphatic carbocycles. The van der Waals surface area contributed by atoms with Crippen molar-refractivity contribution in [3.8, 4) is 0 Å². The van der Waals surface area contributed by atoms with Gasteiger partial charge in [-0.2, -0.15) is 13.2 Å². The molecule has 10 heteroatoms. The fourth-order valence-electron chi connectivity index (χ4n) is 5.85. The molecule has 4 heterocycles. The van der Waals surface area contributed by atoms with Gasteiger partial charge in [0.05, 0.1) is 17.7 Å². The molecule has 1 amide bonds. The average molecular weight is 508 g/mol. The van der Waals surface area contributed by atoms with Gasteiger partial charge in [-0.25, -0.2) is 4.79 Å². The second-order valence-electron chi connectivity index (χ2n) is 10.2. The molecule has 3 fully saturated rings. The molecule has 1 aromatic rings. The number of esters is 1. The highest BCUT2D eigenvalue weighted by atomic mass is 19.4. The van der Waals surface area contributed by atoms with Crippen molar-refractivity contribution >= 4 is 17.6 Å². The fraction of sp³-hybridized carbons (Fsp3) is 0.615. The van der Waals surface area contributed by atoms with Gasteiger partial charge in [0.1, 0.15) is 5.60 Å². The number of hydrogen-bond donors (Lipinski definition) is 0. The van der Waals surface area contributed by atoms with Crippen molar-refractivity contribution in [1.29, 1.82) is 0 Å². The lowest BCUT2D eigenvalue weighted by atomic mass is 9.82. The molecule has 1 unspecified atom stereocenters. The smallest absolute Gasteiger partial charge is 0.416 e. The Kier molecular flexibility index (Phi) is 6.76. The number of piperidine rings is 1. The van der Waals surface area contributed by atoms with Crippen LogP contribution >= 0.6 is 0 Å². The third kappa shape index (κ3) is 4.85. The second kappa shape index (κ2) is 9.70. The molecule has 1 spiro atoms. The Bertz CT molecular complexity index is 1040. The predicted molar refractivity (Wildman–Crippen MR) is 126 cm³/mol. The molecule has 4 aliphatic heterocycles. The second-order valence-corrected chi connectivity index (χ2v) is 10.2. The van der Waals surface area contributed by atoms with Crippen LogP contribution in [0.2, 0.25) is 0 Å². The number of anilines is 1. The number of carbonyl (C=O) groups is 2. The summed E-state index contributed by atoms with van der Waals surface area (Å²) < 4.78 is 50.7. The molecule has 0 radical (unpaired) electrons. The molecule has 0 bridgehead atoms. The number of benzene rings is 1. The van der Waals surface area contributed by atoms with Crippen molar-refractivity contribution in [3.05, 3.63) is 41.0 Å². The highest BCUT2D eigenvalue weighted by molar-refractivity contribution is 6.07. The lowest BCUT2D eigenvalue weighted by Gasteiger charge is -2.42. The summed E-state index contributed by atoms with van der Waals surface area (Å²) in [6.45, 7) is 7.26. The average Bonchev–Trinajstić information content (AvgIpc) is 3.46. The van der Waals surface area contributed by atoms with Gasteiger partial charge in [-0.15, -0.1) is 0 Å². The molecule has 3 saturated heterocycles. The van der Waals surface area contributed by atoms with E-state index < -0.39 is 23.3 Å². The van der Waals surface area contributed by atoms with Crippen molar-refractivity contribution in [3.63, 3.8) is 0 Å². The summed E-state index contributed by atoms with van der Waals surface area (Å²) in [5, 5.41) is 0. The van der Waals surface area contributed by atoms with Crippen LogP contribution in [-0.4, -0.2) is 86.3 Å². The quantitative estimate of drug-likeness (QED) is 0.584. The Labute approximate surface area is 208 Å². The maximum Gasteiger partial charge on any atom is 0.416 e. The zero-order valence-electron chi connectivity index (χ0n) is 20.5. The summed E-state index contributed by atoms with van der Waals surface area (Å²) in [7, 11) is 0. The first-order valence-electron chi connectivity index (χ1n) is 12.6. The number of ether oxygens (including phenoxy) is 2. The van der Waals surface area contributed by atoms with E-state index in [1.807, 2.05) is 4.90 Å². The Morgan fingerprint density at radius 2 is 1.83 bits per heavy atom. The molecule has 0 N–H and O–H groups in total. The number of halogens is 3. The number of likely N-dealkylation sites (tertiary alicyclic amines) is 1. The zero-order chi connectivity index (χ0) is 25.5. The lowest BCUT2D eigenvalue weighted by Crippen LogP contribution is -2.53. The molecule has 0 saturated carbocycles. The van der Waals surface area contributed by atoms with Crippen LogP contribution < -0.4 is 4.90 Å². The molecular formula is C26H32F3N3O4. The normalized spacial score (nSPS) is 25.1. The minimum Gasteiger partial charge on any atom is -0.450 e. The molecule has 36 heavy (non-hydrogen) atoms. The Morgan fingerprint density at radius 1 is 1.11 bits per heavy atom. The summed E-state index contributed by atoms with van der Waals surface area (Å²) in [6, 6.07) is 5.26. The van der Waals surface area contributed by atoms with Gasteiger partial charge in [0.2, 0.25) is 0 Å². The Morgan fingerprint density at radius 3 is 2.47 bits per heavy atom. The summed E-state index contributed by atoms with van der Waals surface area (Å²) in [4.78, 5) is 32.2. The number of carbonyl (C=O) groups excluding carboxylic acids is 2. The van der Waals surface area contributed by atoms with Gasteiger partial charge >= 0.3 is 12.1 Å². The molecule has 4 aliphatic rings. The van der Waals surface area contributed by atoms with E-state index in [-0.39, 0.29) is 5.91 Å². The Balaban J connectivity index is 1.24. The highest BCUT2D eigenvalue weighted by Crippen LogP contribution is 2.42. The molecule has 196 valence electrons. The van der Waals surface area contributed by atoms with Crippen molar-refractivity contribution in [1.82, 2.24) is 9.80 Å². The van der Waals surface area contributed by atoms with Gasteiger partial charge in [0.25, 0.3) is 5.91 Å². The number of hydrogen-bond acceptors (Lipinski definition) is 6. The van der Waals surface area contributed by atoms with E-state index in [2.05, 4.69) is 4.90 Å². The number of piperazine rings is 1. The summed E-state index contributed by atoms with van der Waals surface area (Å²) in [5.41, 5.74) is -0.251. The van der Waals surface area contributed by atoms with Gasteiger partial charge in [-0.05, 0) is 37.5 Å². The SMILES string of the molecule is CC1=C(C(=O)N2CCN(c3cccc(C(F)(F)F)c3)CC2)C2(CCN(CC3CCOC3)CC2)OC1=O. The zero-order valence-corrected chi connectivity index (χ0v) is 20.5. The molecule has 7 nitrogen and oxygen atoms in total. The summed E-state index contributed by atoms with van der Waals surface area (Å²) in [6.07, 6.45) is -2.18. The van der Waals surface area contributed by atoms with Crippen LogP contribution in [0.1, 0.15) is 31.7 Å². The van der Waals surface area contributed by atoms with Gasteiger partial charge in [0, 0.05) is 76.5 Å². The summed E-state index contributed by atoms with van der Waals surface area (Å²) in [5.74, 6) is -0.102. The number of alkyl halides is 3. The lowest BCUT2D eigenvalue weighted by molar-refractivity contribution is -0.151. The largest absolute Gasteiger partial charge is 0.450 e. The summed E-state index contributed by atoms with van der Waals surface area (Å²) >= 11 is 0. The minimum atomic E-state index is -4.40. The van der Waals surface area contributed by atoms with Gasteiger partial charge in [-0.1, -0.05) is 6.07 Å². The van der Waals surface area contributed by atoms with E-state index in [9.17, 15) is 22.8 Å². The predicted octanol–water partition coefficient (Wildman–Crippen LogP) is 3.10.